The Balaban J connectivity index is 2.98. The lowest BCUT2D eigenvalue weighted by Crippen LogP contribution is -2.10. The smallest absolute Gasteiger partial charge is 0.251 e. The zero-order valence-corrected chi connectivity index (χ0v) is 9.48. The molecule has 0 saturated carbocycles. The molecule has 0 heterocycles. The SMILES string of the molecule is [B]N/N=C\c1ccc(C(C=C)CN)cc1C. The molecule has 1 atom stereocenters. The maximum Gasteiger partial charge on any atom is 0.251 e. The highest BCUT2D eigenvalue weighted by Crippen LogP contribution is 2.18. The fraction of sp³-hybridized carbons (Fsp3) is 0.250. The zero-order valence-electron chi connectivity index (χ0n) is 9.48. The normalized spacial score (nSPS) is 12.6. The van der Waals surface area contributed by atoms with Gasteiger partial charge in [-0.05, 0) is 23.6 Å². The molecule has 0 aliphatic rings. The molecule has 1 aromatic rings. The number of nitrogens with zero attached hydrogens (tertiary/aromatic N) is 1. The van der Waals surface area contributed by atoms with Crippen molar-refractivity contribution in [2.24, 2.45) is 10.8 Å². The molecule has 0 fully saturated rings. The lowest BCUT2D eigenvalue weighted by Gasteiger charge is -2.11. The Morgan fingerprint density at radius 2 is 2.38 bits per heavy atom. The Kier molecular flexibility index (Phi) is 4.80. The summed E-state index contributed by atoms with van der Waals surface area (Å²) in [5.41, 5.74) is 9.00. The maximum atomic E-state index is 5.66. The molecule has 0 aliphatic carbocycles. The maximum absolute atomic E-state index is 5.66. The molecule has 0 bridgehead atoms. The summed E-state index contributed by atoms with van der Waals surface area (Å²) in [7, 11) is 5.07. The van der Waals surface area contributed by atoms with Gasteiger partial charge in [-0.15, -0.1) is 6.58 Å². The van der Waals surface area contributed by atoms with Crippen molar-refractivity contribution in [1.82, 2.24) is 5.34 Å². The Hall–Kier alpha value is -1.55. The van der Waals surface area contributed by atoms with Crippen LogP contribution in [0.5, 0.6) is 0 Å². The third-order valence-corrected chi connectivity index (χ3v) is 2.54. The van der Waals surface area contributed by atoms with Gasteiger partial charge in [0.05, 0.1) is 6.21 Å². The molecule has 3 N–H and O–H groups in total. The van der Waals surface area contributed by atoms with Gasteiger partial charge in [-0.3, -0.25) is 0 Å². The van der Waals surface area contributed by atoms with Gasteiger partial charge in [0.15, 0.2) is 0 Å². The topological polar surface area (TPSA) is 50.4 Å². The fourth-order valence-electron chi connectivity index (χ4n) is 1.55. The van der Waals surface area contributed by atoms with Gasteiger partial charge in [-0.2, -0.15) is 0 Å². The number of hydrogen-bond acceptors (Lipinski definition) is 3. The van der Waals surface area contributed by atoms with Crippen molar-refractivity contribution in [3.8, 4) is 0 Å². The molecule has 0 saturated heterocycles. The summed E-state index contributed by atoms with van der Waals surface area (Å²) < 4.78 is 0. The van der Waals surface area contributed by atoms with Crippen LogP contribution < -0.4 is 11.1 Å². The summed E-state index contributed by atoms with van der Waals surface area (Å²) in [5, 5.41) is 6.01. The van der Waals surface area contributed by atoms with Crippen LogP contribution in [-0.2, 0) is 0 Å². The number of nitrogens with two attached hydrogens (primary N) is 1. The molecule has 0 aliphatic heterocycles. The average Bonchev–Trinajstić information content (AvgIpc) is 2.29. The molecule has 16 heavy (non-hydrogen) atoms. The average molecular weight is 213 g/mol. The van der Waals surface area contributed by atoms with Gasteiger partial charge in [0.25, 0.3) is 7.98 Å². The number of nitrogens with one attached hydrogen (secondary N) is 1. The molecular weight excluding hydrogens is 197 g/mol. The van der Waals surface area contributed by atoms with Gasteiger partial charge in [-0.1, -0.05) is 24.3 Å². The summed E-state index contributed by atoms with van der Waals surface area (Å²) in [6, 6.07) is 6.12. The number of aryl methyl sites for hydroxylation is 1. The second kappa shape index (κ2) is 6.13. The Labute approximate surface area is 97.9 Å². The first kappa shape index (κ1) is 12.5. The standard InChI is InChI=1S/C12H16BN3/c1-3-10(7-14)11-4-5-12(8-15-16-13)9(2)6-11/h3-6,8,10,16H,1,7,14H2,2H3/b15-8-. The third-order valence-electron chi connectivity index (χ3n) is 2.54. The summed E-state index contributed by atoms with van der Waals surface area (Å²) in [6.45, 7) is 6.37. The van der Waals surface area contributed by atoms with E-state index in [0.717, 1.165) is 11.1 Å². The van der Waals surface area contributed by atoms with Gasteiger partial charge in [0, 0.05) is 12.5 Å². The van der Waals surface area contributed by atoms with Crippen LogP contribution in [0.4, 0.5) is 0 Å². The van der Waals surface area contributed by atoms with Crippen molar-refractivity contribution in [1.29, 1.82) is 0 Å². The van der Waals surface area contributed by atoms with E-state index in [9.17, 15) is 0 Å². The van der Waals surface area contributed by atoms with Crippen molar-refractivity contribution >= 4 is 14.2 Å². The number of benzene rings is 1. The molecule has 2 radical (unpaired) electrons. The van der Waals surface area contributed by atoms with E-state index in [1.54, 1.807) is 6.21 Å². The van der Waals surface area contributed by atoms with Gasteiger partial charge in [0.1, 0.15) is 0 Å². The summed E-state index contributed by atoms with van der Waals surface area (Å²) in [4.78, 5) is 0. The highest BCUT2D eigenvalue weighted by atomic mass is 15.2. The number of hydrazone groups is 1. The van der Waals surface area contributed by atoms with Gasteiger partial charge in [-0.25, -0.2) is 5.10 Å². The highest BCUT2D eigenvalue weighted by molar-refractivity contribution is 6.04. The highest BCUT2D eigenvalue weighted by Gasteiger charge is 2.06. The number of rotatable bonds is 5. The van der Waals surface area contributed by atoms with E-state index >= 15 is 0 Å². The van der Waals surface area contributed by atoms with Crippen molar-refractivity contribution in [3.63, 3.8) is 0 Å². The van der Waals surface area contributed by atoms with Crippen molar-refractivity contribution < 1.29 is 0 Å². The van der Waals surface area contributed by atoms with Crippen LogP contribution in [0.1, 0.15) is 22.6 Å². The second-order valence-corrected chi connectivity index (χ2v) is 3.58. The molecule has 82 valence electrons. The molecule has 1 unspecified atom stereocenters. The third kappa shape index (κ3) is 2.97. The molecule has 1 aromatic carbocycles. The van der Waals surface area contributed by atoms with E-state index in [-0.39, 0.29) is 5.92 Å². The monoisotopic (exact) mass is 213 g/mol. The van der Waals surface area contributed by atoms with Crippen molar-refractivity contribution in [2.75, 3.05) is 6.54 Å². The molecule has 0 amide bonds. The van der Waals surface area contributed by atoms with Crippen LogP contribution in [-0.4, -0.2) is 20.7 Å². The van der Waals surface area contributed by atoms with Crippen LogP contribution in [0.25, 0.3) is 0 Å². The summed E-state index contributed by atoms with van der Waals surface area (Å²) in [6.07, 6.45) is 3.55. The van der Waals surface area contributed by atoms with E-state index < -0.39 is 0 Å². The fourth-order valence-corrected chi connectivity index (χ4v) is 1.55. The van der Waals surface area contributed by atoms with E-state index in [1.807, 2.05) is 25.1 Å². The van der Waals surface area contributed by atoms with Gasteiger partial charge in [0.2, 0.25) is 0 Å². The molecule has 4 heteroatoms. The van der Waals surface area contributed by atoms with Gasteiger partial charge < -0.3 is 11.1 Å². The zero-order chi connectivity index (χ0) is 12.0. The molecule has 0 aromatic heterocycles. The van der Waals surface area contributed by atoms with Crippen LogP contribution in [0, 0.1) is 6.92 Å². The van der Waals surface area contributed by atoms with Crippen LogP contribution in [0.3, 0.4) is 0 Å². The minimum atomic E-state index is 0.206. The lowest BCUT2D eigenvalue weighted by molar-refractivity contribution is 0.850. The molecule has 3 nitrogen and oxygen atoms in total. The predicted molar refractivity (Wildman–Crippen MR) is 69.7 cm³/mol. The first-order chi connectivity index (χ1) is 7.72. The van der Waals surface area contributed by atoms with Crippen LogP contribution in [0.2, 0.25) is 0 Å². The van der Waals surface area contributed by atoms with Gasteiger partial charge >= 0.3 is 0 Å². The number of hydrogen-bond donors (Lipinski definition) is 2. The van der Waals surface area contributed by atoms with Crippen LogP contribution >= 0.6 is 0 Å². The predicted octanol–water partition coefficient (Wildman–Crippen LogP) is 1.23. The van der Waals surface area contributed by atoms with Crippen molar-refractivity contribution in [2.45, 2.75) is 12.8 Å². The first-order valence-corrected chi connectivity index (χ1v) is 5.14. The van der Waals surface area contributed by atoms with E-state index in [0.29, 0.717) is 6.54 Å². The molecular formula is C12H16BN3. The van der Waals surface area contributed by atoms with E-state index in [4.69, 9.17) is 13.7 Å². The summed E-state index contributed by atoms with van der Waals surface area (Å²) in [5.74, 6) is 0.206. The van der Waals surface area contributed by atoms with E-state index in [2.05, 4.69) is 23.1 Å². The summed E-state index contributed by atoms with van der Waals surface area (Å²) >= 11 is 0. The Morgan fingerprint density at radius 1 is 1.62 bits per heavy atom. The Bertz CT molecular complexity index is 388. The lowest BCUT2D eigenvalue weighted by atomic mass is 9.96. The van der Waals surface area contributed by atoms with E-state index in [1.165, 1.54) is 5.56 Å². The minimum Gasteiger partial charge on any atom is -0.366 e. The second-order valence-electron chi connectivity index (χ2n) is 3.58. The quantitative estimate of drug-likeness (QED) is 0.334. The largest absolute Gasteiger partial charge is 0.366 e. The first-order valence-electron chi connectivity index (χ1n) is 5.14. The molecule has 1 rings (SSSR count). The Morgan fingerprint density at radius 3 is 2.88 bits per heavy atom. The van der Waals surface area contributed by atoms with Crippen LogP contribution in [0.15, 0.2) is 36.0 Å². The minimum absolute atomic E-state index is 0.206. The van der Waals surface area contributed by atoms with Crippen molar-refractivity contribution in [3.05, 3.63) is 47.5 Å². The molecule has 0 spiro atoms.